The molecular weight excluding hydrogens is 282 g/mol. The quantitative estimate of drug-likeness (QED) is 0.784. The first-order valence-corrected chi connectivity index (χ1v) is 8.24. The van der Waals surface area contributed by atoms with Gasteiger partial charge in [0, 0.05) is 5.56 Å². The van der Waals surface area contributed by atoms with Gasteiger partial charge in [0.2, 0.25) is 0 Å². The monoisotopic (exact) mass is 303 g/mol. The maximum Gasteiger partial charge on any atom is 0.198 e. The van der Waals surface area contributed by atoms with Crippen molar-refractivity contribution >= 4 is 11.6 Å². The van der Waals surface area contributed by atoms with Crippen molar-refractivity contribution in [3.05, 3.63) is 58.5 Å². The predicted octanol–water partition coefficient (Wildman–Crippen LogP) is 5.29. The number of nitrogens with one attached hydrogen (secondary N) is 1. The average molecular weight is 304 g/mol. The molecule has 21 heavy (non-hydrogen) atoms. The zero-order valence-electron chi connectivity index (χ0n) is 12.4. The van der Waals surface area contributed by atoms with Crippen LogP contribution in [0.1, 0.15) is 61.3 Å². The number of halogens is 1. The third-order valence-electron chi connectivity index (χ3n) is 4.41. The van der Waals surface area contributed by atoms with Gasteiger partial charge < -0.3 is 9.73 Å². The zero-order valence-corrected chi connectivity index (χ0v) is 13.2. The molecule has 3 heteroatoms. The van der Waals surface area contributed by atoms with E-state index >= 15 is 0 Å². The minimum absolute atomic E-state index is 0.119. The van der Waals surface area contributed by atoms with Crippen molar-refractivity contribution in [1.29, 1.82) is 0 Å². The molecule has 1 saturated carbocycles. The first-order chi connectivity index (χ1) is 10.3. The molecule has 3 rings (SSSR count). The lowest BCUT2D eigenvalue weighted by Gasteiger charge is -2.30. The molecule has 0 saturated heterocycles. The summed E-state index contributed by atoms with van der Waals surface area (Å²) in [6.07, 6.45) is 6.72. The topological polar surface area (TPSA) is 25.2 Å². The van der Waals surface area contributed by atoms with Gasteiger partial charge in [-0.25, -0.2) is 0 Å². The Labute approximate surface area is 131 Å². The third-order valence-corrected chi connectivity index (χ3v) is 4.71. The molecule has 0 aliphatic heterocycles. The molecule has 1 aliphatic rings. The maximum atomic E-state index is 6.24. The van der Waals surface area contributed by atoms with Gasteiger partial charge in [-0.05, 0) is 60.5 Å². The number of rotatable bonds is 6. The van der Waals surface area contributed by atoms with Gasteiger partial charge in [-0.1, -0.05) is 37.6 Å². The Morgan fingerprint density at radius 3 is 2.67 bits per heavy atom. The normalized spacial score (nSPS) is 16.7. The predicted molar refractivity (Wildman–Crippen MR) is 86.9 cm³/mol. The van der Waals surface area contributed by atoms with Crippen molar-refractivity contribution in [2.45, 2.75) is 44.6 Å². The van der Waals surface area contributed by atoms with Gasteiger partial charge >= 0.3 is 0 Å². The fraction of sp³-hybridized carbons (Fsp3) is 0.444. The van der Waals surface area contributed by atoms with Crippen LogP contribution in [0.3, 0.4) is 0 Å². The van der Waals surface area contributed by atoms with E-state index < -0.39 is 0 Å². The minimum atomic E-state index is 0.119. The Bertz CT molecular complexity index is 588. The second-order valence-corrected chi connectivity index (χ2v) is 6.14. The molecule has 2 nitrogen and oxygen atoms in total. The van der Waals surface area contributed by atoms with Crippen LogP contribution in [0.5, 0.6) is 0 Å². The van der Waals surface area contributed by atoms with E-state index in [4.69, 9.17) is 16.0 Å². The van der Waals surface area contributed by atoms with E-state index in [-0.39, 0.29) is 6.04 Å². The first kappa shape index (κ1) is 14.7. The van der Waals surface area contributed by atoms with Crippen LogP contribution in [0.2, 0.25) is 5.22 Å². The summed E-state index contributed by atoms with van der Waals surface area (Å²) in [4.78, 5) is 0. The molecule has 1 aromatic heterocycles. The summed E-state index contributed by atoms with van der Waals surface area (Å²) in [5, 5.41) is 4.12. The van der Waals surface area contributed by atoms with Gasteiger partial charge in [0.25, 0.3) is 0 Å². The summed E-state index contributed by atoms with van der Waals surface area (Å²) in [5.41, 5.74) is 3.85. The summed E-state index contributed by atoms with van der Waals surface area (Å²) in [6.45, 7) is 3.14. The van der Waals surface area contributed by atoms with Crippen LogP contribution in [0, 0.1) is 0 Å². The van der Waals surface area contributed by atoms with Crippen LogP contribution >= 0.6 is 11.6 Å². The molecule has 1 N–H and O–H groups in total. The lowest BCUT2D eigenvalue weighted by atomic mass is 9.76. The Balaban J connectivity index is 1.98. The second-order valence-electron chi connectivity index (χ2n) is 5.79. The van der Waals surface area contributed by atoms with Crippen LogP contribution in [0.15, 0.2) is 41.0 Å². The lowest BCUT2D eigenvalue weighted by molar-refractivity contribution is 0.414. The van der Waals surface area contributed by atoms with E-state index in [1.165, 1.54) is 30.4 Å². The highest BCUT2D eigenvalue weighted by molar-refractivity contribution is 6.29. The number of benzene rings is 1. The molecule has 1 atom stereocenters. The Hall–Kier alpha value is -1.25. The summed E-state index contributed by atoms with van der Waals surface area (Å²) >= 11 is 6.24. The molecule has 1 aliphatic carbocycles. The highest BCUT2D eigenvalue weighted by Gasteiger charge is 2.27. The Kier molecular flexibility index (Phi) is 4.67. The molecular formula is C18H22ClNO. The van der Waals surface area contributed by atoms with Gasteiger partial charge in [0.15, 0.2) is 5.22 Å². The molecule has 1 fully saturated rings. The van der Waals surface area contributed by atoms with Crippen molar-refractivity contribution in [2.75, 3.05) is 6.54 Å². The highest BCUT2D eigenvalue weighted by atomic mass is 35.5. The lowest BCUT2D eigenvalue weighted by Crippen LogP contribution is -2.25. The zero-order chi connectivity index (χ0) is 14.7. The molecule has 0 spiro atoms. The largest absolute Gasteiger partial charge is 0.453 e. The van der Waals surface area contributed by atoms with Gasteiger partial charge in [0.1, 0.15) is 0 Å². The van der Waals surface area contributed by atoms with E-state index in [0.29, 0.717) is 11.1 Å². The Morgan fingerprint density at radius 2 is 2.05 bits per heavy atom. The number of furan rings is 1. The molecule has 0 radical (unpaired) electrons. The van der Waals surface area contributed by atoms with E-state index in [2.05, 4.69) is 36.5 Å². The smallest absolute Gasteiger partial charge is 0.198 e. The van der Waals surface area contributed by atoms with E-state index in [9.17, 15) is 0 Å². The molecule has 1 heterocycles. The fourth-order valence-electron chi connectivity index (χ4n) is 3.05. The van der Waals surface area contributed by atoms with Crippen molar-refractivity contribution in [3.8, 4) is 0 Å². The standard InChI is InChI=1S/C18H22ClNO/c1-2-11-20-17(16-10-12-21-18(16)19)15-9-4-3-8-14(15)13-6-5-7-13/h3-4,8-10,12-13,17,20H,2,5-7,11H2,1H3. The average Bonchev–Trinajstić information content (AvgIpc) is 2.85. The maximum absolute atomic E-state index is 6.24. The second kappa shape index (κ2) is 6.67. The third kappa shape index (κ3) is 3.02. The molecule has 112 valence electrons. The van der Waals surface area contributed by atoms with Crippen LogP contribution in [0.4, 0.5) is 0 Å². The molecule has 0 bridgehead atoms. The molecule has 2 aromatic rings. The first-order valence-electron chi connectivity index (χ1n) is 7.86. The van der Waals surface area contributed by atoms with Gasteiger partial charge in [-0.3, -0.25) is 0 Å². The Morgan fingerprint density at radius 1 is 1.24 bits per heavy atom. The van der Waals surface area contributed by atoms with Crippen molar-refractivity contribution in [2.24, 2.45) is 0 Å². The SMILES string of the molecule is CCCNC(c1ccccc1C1CCC1)c1ccoc1Cl. The van der Waals surface area contributed by atoms with Crippen LogP contribution in [-0.2, 0) is 0 Å². The summed E-state index contributed by atoms with van der Waals surface area (Å²) in [6, 6.07) is 10.9. The summed E-state index contributed by atoms with van der Waals surface area (Å²) in [7, 11) is 0. The van der Waals surface area contributed by atoms with E-state index in [1.54, 1.807) is 6.26 Å². The van der Waals surface area contributed by atoms with E-state index in [1.807, 2.05) is 6.07 Å². The van der Waals surface area contributed by atoms with Gasteiger partial charge in [-0.15, -0.1) is 0 Å². The summed E-state index contributed by atoms with van der Waals surface area (Å²) < 4.78 is 5.31. The number of hydrogen-bond donors (Lipinski definition) is 1. The van der Waals surface area contributed by atoms with Crippen molar-refractivity contribution in [1.82, 2.24) is 5.32 Å². The van der Waals surface area contributed by atoms with Crippen molar-refractivity contribution in [3.63, 3.8) is 0 Å². The van der Waals surface area contributed by atoms with Gasteiger partial charge in [-0.2, -0.15) is 0 Å². The minimum Gasteiger partial charge on any atom is -0.453 e. The van der Waals surface area contributed by atoms with Crippen LogP contribution < -0.4 is 5.32 Å². The fourth-order valence-corrected chi connectivity index (χ4v) is 3.27. The van der Waals surface area contributed by atoms with Crippen molar-refractivity contribution < 1.29 is 4.42 Å². The van der Waals surface area contributed by atoms with Gasteiger partial charge in [0.05, 0.1) is 12.3 Å². The number of hydrogen-bond acceptors (Lipinski definition) is 2. The summed E-state index contributed by atoms with van der Waals surface area (Å²) in [5.74, 6) is 0.706. The molecule has 1 unspecified atom stereocenters. The molecule has 1 aromatic carbocycles. The molecule has 0 amide bonds. The highest BCUT2D eigenvalue weighted by Crippen LogP contribution is 2.41. The van der Waals surface area contributed by atoms with Crippen LogP contribution in [0.25, 0.3) is 0 Å². The van der Waals surface area contributed by atoms with E-state index in [0.717, 1.165) is 18.5 Å². The van der Waals surface area contributed by atoms with Crippen LogP contribution in [-0.4, -0.2) is 6.54 Å².